The Morgan fingerprint density at radius 3 is 2.65 bits per heavy atom. The lowest BCUT2D eigenvalue weighted by Gasteiger charge is -2.07. The summed E-state index contributed by atoms with van der Waals surface area (Å²) in [6.07, 6.45) is 0.566. The number of benzene rings is 1. The van der Waals surface area contributed by atoms with Gasteiger partial charge in [0.05, 0.1) is 15.5 Å². The molecule has 0 saturated heterocycles. The Labute approximate surface area is 134 Å². The summed E-state index contributed by atoms with van der Waals surface area (Å²) in [5.41, 5.74) is 1.68. The predicted molar refractivity (Wildman–Crippen MR) is 84.6 cm³/mol. The van der Waals surface area contributed by atoms with Crippen molar-refractivity contribution in [1.82, 2.24) is 14.5 Å². The van der Waals surface area contributed by atoms with Gasteiger partial charge in [-0.3, -0.25) is 14.8 Å². The largest absolute Gasteiger partial charge is 0.270 e. The van der Waals surface area contributed by atoms with E-state index in [9.17, 15) is 18.5 Å². The summed E-state index contributed by atoms with van der Waals surface area (Å²) in [6, 6.07) is 6.93. The molecule has 0 radical (unpaired) electrons. The second-order valence-corrected chi connectivity index (χ2v) is 6.92. The van der Waals surface area contributed by atoms with Crippen molar-refractivity contribution in [2.24, 2.45) is 0 Å². The monoisotopic (exact) mass is 338 g/mol. The van der Waals surface area contributed by atoms with Gasteiger partial charge in [-0.15, -0.1) is 0 Å². The highest BCUT2D eigenvalue weighted by Gasteiger charge is 2.17. The Kier molecular flexibility index (Phi) is 5.12. The lowest BCUT2D eigenvalue weighted by atomic mass is 10.3. The van der Waals surface area contributed by atoms with Gasteiger partial charge >= 0.3 is 0 Å². The number of sulfonamides is 1. The van der Waals surface area contributed by atoms with E-state index < -0.39 is 14.9 Å². The summed E-state index contributed by atoms with van der Waals surface area (Å²) in [5, 5.41) is 15.0. The molecule has 0 saturated carbocycles. The molecule has 0 bridgehead atoms. The number of aryl methyl sites for hydroxylation is 3. The highest BCUT2D eigenvalue weighted by Crippen LogP contribution is 2.17. The first-order chi connectivity index (χ1) is 10.8. The molecule has 0 unspecified atom stereocenters. The molecule has 9 heteroatoms. The molecule has 2 rings (SSSR count). The van der Waals surface area contributed by atoms with Gasteiger partial charge in [0.1, 0.15) is 0 Å². The molecule has 8 nitrogen and oxygen atoms in total. The first-order valence-corrected chi connectivity index (χ1v) is 8.53. The molecule has 0 aliphatic carbocycles. The van der Waals surface area contributed by atoms with Crippen molar-refractivity contribution in [1.29, 1.82) is 0 Å². The van der Waals surface area contributed by atoms with Crippen LogP contribution >= 0.6 is 0 Å². The molecular weight excluding hydrogens is 320 g/mol. The molecule has 0 atom stereocenters. The van der Waals surface area contributed by atoms with E-state index in [1.807, 2.05) is 24.6 Å². The van der Waals surface area contributed by atoms with E-state index in [-0.39, 0.29) is 17.1 Å². The molecule has 1 N–H and O–H groups in total. The van der Waals surface area contributed by atoms with Gasteiger partial charge in [-0.25, -0.2) is 13.1 Å². The summed E-state index contributed by atoms with van der Waals surface area (Å²) < 4.78 is 28.5. The second-order valence-electron chi connectivity index (χ2n) is 5.16. The number of nitro groups is 1. The van der Waals surface area contributed by atoms with Crippen LogP contribution in [0.15, 0.2) is 35.2 Å². The minimum atomic E-state index is -3.76. The van der Waals surface area contributed by atoms with E-state index in [0.717, 1.165) is 17.5 Å². The molecule has 23 heavy (non-hydrogen) atoms. The fourth-order valence-electron chi connectivity index (χ4n) is 2.18. The number of nitro benzene ring substituents is 1. The molecular formula is C14H18N4O4S. The van der Waals surface area contributed by atoms with Gasteiger partial charge in [0, 0.05) is 30.9 Å². The summed E-state index contributed by atoms with van der Waals surface area (Å²) in [5.74, 6) is 0. The second kappa shape index (κ2) is 6.88. The van der Waals surface area contributed by atoms with Crippen LogP contribution < -0.4 is 4.72 Å². The summed E-state index contributed by atoms with van der Waals surface area (Å²) in [6.45, 7) is 4.66. The zero-order chi connectivity index (χ0) is 17.0. The van der Waals surface area contributed by atoms with Gasteiger partial charge in [0.15, 0.2) is 0 Å². The summed E-state index contributed by atoms with van der Waals surface area (Å²) >= 11 is 0. The van der Waals surface area contributed by atoms with E-state index in [0.29, 0.717) is 13.0 Å². The van der Waals surface area contributed by atoms with Crippen LogP contribution in [0.5, 0.6) is 0 Å². The molecule has 124 valence electrons. The van der Waals surface area contributed by atoms with Gasteiger partial charge in [-0.05, 0) is 32.4 Å². The summed E-state index contributed by atoms with van der Waals surface area (Å²) in [4.78, 5) is 9.98. The number of rotatable bonds is 7. The first kappa shape index (κ1) is 17.1. The van der Waals surface area contributed by atoms with Crippen molar-refractivity contribution in [2.75, 3.05) is 6.54 Å². The highest BCUT2D eigenvalue weighted by atomic mass is 32.2. The van der Waals surface area contributed by atoms with E-state index in [4.69, 9.17) is 0 Å². The maximum atomic E-state index is 12.1. The standard InChI is InChI=1S/C14H18N4O4S/c1-11-9-12(2)17(16-11)8-4-7-15-23(21,22)14-6-3-5-13(10-14)18(19)20/h3,5-6,9-10,15H,4,7-8H2,1-2H3. The van der Waals surface area contributed by atoms with Gasteiger partial charge in [0.2, 0.25) is 10.0 Å². The van der Waals surface area contributed by atoms with Crippen molar-refractivity contribution >= 4 is 15.7 Å². The minimum absolute atomic E-state index is 0.113. The van der Waals surface area contributed by atoms with Crippen LogP contribution in [0.3, 0.4) is 0 Å². The molecule has 1 heterocycles. The highest BCUT2D eigenvalue weighted by molar-refractivity contribution is 7.89. The van der Waals surface area contributed by atoms with E-state index >= 15 is 0 Å². The fraction of sp³-hybridized carbons (Fsp3) is 0.357. The van der Waals surface area contributed by atoms with Crippen LogP contribution in [0.2, 0.25) is 0 Å². The molecule has 0 aliphatic rings. The Balaban J connectivity index is 1.95. The first-order valence-electron chi connectivity index (χ1n) is 7.05. The fourth-order valence-corrected chi connectivity index (χ4v) is 3.30. The molecule has 0 amide bonds. The third-order valence-electron chi connectivity index (χ3n) is 3.28. The molecule has 2 aromatic rings. The van der Waals surface area contributed by atoms with E-state index in [1.54, 1.807) is 0 Å². The average Bonchev–Trinajstić information content (AvgIpc) is 2.82. The topological polar surface area (TPSA) is 107 Å². The number of aromatic nitrogens is 2. The summed E-state index contributed by atoms with van der Waals surface area (Å²) in [7, 11) is -3.76. The van der Waals surface area contributed by atoms with E-state index in [2.05, 4.69) is 9.82 Å². The van der Waals surface area contributed by atoms with Crippen molar-refractivity contribution in [3.63, 3.8) is 0 Å². The van der Waals surface area contributed by atoms with Crippen molar-refractivity contribution in [3.05, 3.63) is 51.8 Å². The molecule has 1 aromatic carbocycles. The minimum Gasteiger partial charge on any atom is -0.270 e. The van der Waals surface area contributed by atoms with Crippen LogP contribution in [0, 0.1) is 24.0 Å². The lowest BCUT2D eigenvalue weighted by Crippen LogP contribution is -2.25. The zero-order valence-electron chi connectivity index (χ0n) is 12.9. The normalized spacial score (nSPS) is 11.6. The number of nitrogens with one attached hydrogen (secondary N) is 1. The SMILES string of the molecule is Cc1cc(C)n(CCCNS(=O)(=O)c2cccc([N+](=O)[O-])c2)n1. The Morgan fingerprint density at radius 2 is 2.04 bits per heavy atom. The molecule has 0 fully saturated rings. The molecule has 1 aromatic heterocycles. The van der Waals surface area contributed by atoms with Gasteiger partial charge < -0.3 is 0 Å². The van der Waals surface area contributed by atoms with Crippen molar-refractivity contribution < 1.29 is 13.3 Å². The van der Waals surface area contributed by atoms with Gasteiger partial charge in [0.25, 0.3) is 5.69 Å². The molecule has 0 spiro atoms. The smallest absolute Gasteiger partial charge is 0.270 e. The van der Waals surface area contributed by atoms with Crippen LogP contribution in [0.4, 0.5) is 5.69 Å². The number of hydrogen-bond acceptors (Lipinski definition) is 5. The Bertz CT molecular complexity index is 814. The van der Waals surface area contributed by atoms with Gasteiger partial charge in [-0.1, -0.05) is 6.07 Å². The van der Waals surface area contributed by atoms with Crippen LogP contribution in [0.1, 0.15) is 17.8 Å². The van der Waals surface area contributed by atoms with Crippen LogP contribution in [0.25, 0.3) is 0 Å². The number of non-ortho nitro benzene ring substituents is 1. The lowest BCUT2D eigenvalue weighted by molar-refractivity contribution is -0.385. The van der Waals surface area contributed by atoms with Gasteiger partial charge in [-0.2, -0.15) is 5.10 Å². The number of hydrogen-bond donors (Lipinski definition) is 1. The quantitative estimate of drug-likeness (QED) is 0.470. The molecule has 0 aliphatic heterocycles. The van der Waals surface area contributed by atoms with Crippen LogP contribution in [-0.2, 0) is 16.6 Å². The maximum absolute atomic E-state index is 12.1. The third-order valence-corrected chi connectivity index (χ3v) is 4.74. The van der Waals surface area contributed by atoms with E-state index in [1.165, 1.54) is 18.2 Å². The number of nitrogens with zero attached hydrogens (tertiary/aromatic N) is 3. The Morgan fingerprint density at radius 1 is 1.30 bits per heavy atom. The van der Waals surface area contributed by atoms with Crippen LogP contribution in [-0.4, -0.2) is 29.7 Å². The maximum Gasteiger partial charge on any atom is 0.270 e. The van der Waals surface area contributed by atoms with Crippen molar-refractivity contribution in [3.8, 4) is 0 Å². The Hall–Kier alpha value is -2.26. The van der Waals surface area contributed by atoms with Crippen molar-refractivity contribution in [2.45, 2.75) is 31.7 Å². The zero-order valence-corrected chi connectivity index (χ0v) is 13.7. The average molecular weight is 338 g/mol. The predicted octanol–water partition coefficient (Wildman–Crippen LogP) is 1.78. The third kappa shape index (κ3) is 4.36.